The Bertz CT molecular complexity index is 304. The van der Waals surface area contributed by atoms with E-state index in [2.05, 4.69) is 34.8 Å². The minimum Gasteiger partial charge on any atom is -0.356 e. The molecule has 0 aliphatic carbocycles. The second-order valence-electron chi connectivity index (χ2n) is 5.78. The molecule has 6 heteroatoms. The molecule has 0 saturated carbocycles. The summed E-state index contributed by atoms with van der Waals surface area (Å²) in [6.45, 7) is 12.3. The van der Waals surface area contributed by atoms with Crippen LogP contribution in [0.25, 0.3) is 0 Å². The van der Waals surface area contributed by atoms with Gasteiger partial charge in [0.1, 0.15) is 0 Å². The molecular formula is C14H31IN4O. The molecular weight excluding hydrogens is 367 g/mol. The van der Waals surface area contributed by atoms with Crippen molar-refractivity contribution in [3.05, 3.63) is 0 Å². The summed E-state index contributed by atoms with van der Waals surface area (Å²) in [6, 6.07) is 0. The number of hydrogen-bond donors (Lipinski definition) is 3. The molecule has 3 N–H and O–H groups in total. The molecule has 0 aliphatic heterocycles. The third-order valence-corrected chi connectivity index (χ3v) is 2.89. The van der Waals surface area contributed by atoms with Gasteiger partial charge in [-0.2, -0.15) is 0 Å². The lowest BCUT2D eigenvalue weighted by Crippen LogP contribution is -2.48. The molecule has 5 nitrogen and oxygen atoms in total. The van der Waals surface area contributed by atoms with Crippen LogP contribution >= 0.6 is 24.0 Å². The van der Waals surface area contributed by atoms with Gasteiger partial charge in [-0.15, -0.1) is 24.0 Å². The lowest BCUT2D eigenvalue weighted by molar-refractivity contribution is -0.128. The average Bonchev–Trinajstić information content (AvgIpc) is 2.33. The summed E-state index contributed by atoms with van der Waals surface area (Å²) in [5.41, 5.74) is -0.453. The van der Waals surface area contributed by atoms with Gasteiger partial charge in [0.05, 0.1) is 5.41 Å². The molecule has 0 rings (SSSR count). The standard InChI is InChI=1S/C14H30N4O.HI/c1-7-16-12(19)14(4,5)10-18-13(15-6)17-9-8-11(2)3;/h11H,7-10H2,1-6H3,(H,16,19)(H2,15,17,18);1H. The van der Waals surface area contributed by atoms with E-state index < -0.39 is 5.41 Å². The Morgan fingerprint density at radius 1 is 1.20 bits per heavy atom. The summed E-state index contributed by atoms with van der Waals surface area (Å²) in [4.78, 5) is 16.0. The zero-order valence-electron chi connectivity index (χ0n) is 13.7. The summed E-state index contributed by atoms with van der Waals surface area (Å²) in [5.74, 6) is 1.47. The highest BCUT2D eigenvalue weighted by Crippen LogP contribution is 2.13. The monoisotopic (exact) mass is 398 g/mol. The predicted molar refractivity (Wildman–Crippen MR) is 96.7 cm³/mol. The van der Waals surface area contributed by atoms with Crippen molar-refractivity contribution in [3.63, 3.8) is 0 Å². The maximum Gasteiger partial charge on any atom is 0.227 e. The van der Waals surface area contributed by atoms with Gasteiger partial charge in [-0.05, 0) is 33.1 Å². The van der Waals surface area contributed by atoms with Crippen molar-refractivity contribution in [1.29, 1.82) is 0 Å². The molecule has 0 aromatic rings. The highest BCUT2D eigenvalue weighted by Gasteiger charge is 2.27. The number of halogens is 1. The molecule has 0 atom stereocenters. The van der Waals surface area contributed by atoms with Gasteiger partial charge >= 0.3 is 0 Å². The van der Waals surface area contributed by atoms with E-state index in [0.717, 1.165) is 18.9 Å². The van der Waals surface area contributed by atoms with Crippen LogP contribution in [0.15, 0.2) is 4.99 Å². The molecule has 120 valence electrons. The lowest BCUT2D eigenvalue weighted by atomic mass is 9.92. The van der Waals surface area contributed by atoms with Crippen LogP contribution in [0.1, 0.15) is 41.0 Å². The van der Waals surface area contributed by atoms with Crippen LogP contribution in [0, 0.1) is 11.3 Å². The minimum absolute atomic E-state index is 0. The minimum atomic E-state index is -0.453. The van der Waals surface area contributed by atoms with Crippen LogP contribution in [-0.4, -0.2) is 38.5 Å². The topological polar surface area (TPSA) is 65.5 Å². The van der Waals surface area contributed by atoms with Gasteiger partial charge in [-0.3, -0.25) is 9.79 Å². The summed E-state index contributed by atoms with van der Waals surface area (Å²) in [7, 11) is 1.74. The first-order chi connectivity index (χ1) is 8.83. The molecule has 0 aromatic carbocycles. The van der Waals surface area contributed by atoms with Crippen molar-refractivity contribution >= 4 is 35.8 Å². The fraction of sp³-hybridized carbons (Fsp3) is 0.857. The van der Waals surface area contributed by atoms with E-state index in [-0.39, 0.29) is 29.9 Å². The fourth-order valence-corrected chi connectivity index (χ4v) is 1.48. The lowest BCUT2D eigenvalue weighted by Gasteiger charge is -2.25. The maximum atomic E-state index is 11.9. The highest BCUT2D eigenvalue weighted by atomic mass is 127. The number of rotatable bonds is 7. The molecule has 0 spiro atoms. The molecule has 20 heavy (non-hydrogen) atoms. The van der Waals surface area contributed by atoms with Crippen LogP contribution in [-0.2, 0) is 4.79 Å². The average molecular weight is 398 g/mol. The van der Waals surface area contributed by atoms with Gasteiger partial charge in [0.15, 0.2) is 5.96 Å². The first-order valence-corrected chi connectivity index (χ1v) is 7.06. The zero-order chi connectivity index (χ0) is 14.9. The Morgan fingerprint density at radius 3 is 2.25 bits per heavy atom. The number of nitrogens with zero attached hydrogens (tertiary/aromatic N) is 1. The van der Waals surface area contributed by atoms with E-state index in [1.807, 2.05) is 20.8 Å². The number of guanidine groups is 1. The number of hydrogen-bond acceptors (Lipinski definition) is 2. The Labute approximate surface area is 140 Å². The fourth-order valence-electron chi connectivity index (χ4n) is 1.48. The van der Waals surface area contributed by atoms with E-state index >= 15 is 0 Å². The van der Waals surface area contributed by atoms with E-state index in [0.29, 0.717) is 19.0 Å². The molecule has 0 radical (unpaired) electrons. The largest absolute Gasteiger partial charge is 0.356 e. The molecule has 0 unspecified atom stereocenters. The van der Waals surface area contributed by atoms with Crippen molar-refractivity contribution < 1.29 is 4.79 Å². The number of carbonyl (C=O) groups is 1. The first kappa shape index (κ1) is 21.8. The van der Waals surface area contributed by atoms with Crippen LogP contribution < -0.4 is 16.0 Å². The van der Waals surface area contributed by atoms with Gasteiger partial charge in [-0.1, -0.05) is 13.8 Å². The van der Waals surface area contributed by atoms with Crippen molar-refractivity contribution in [3.8, 4) is 0 Å². The molecule has 0 fully saturated rings. The SMILES string of the molecule is CCNC(=O)C(C)(C)CNC(=NC)NCCC(C)C.I. The van der Waals surface area contributed by atoms with Crippen molar-refractivity contribution in [1.82, 2.24) is 16.0 Å². The second-order valence-corrected chi connectivity index (χ2v) is 5.78. The zero-order valence-corrected chi connectivity index (χ0v) is 16.0. The summed E-state index contributed by atoms with van der Waals surface area (Å²) in [5, 5.41) is 9.30. The maximum absolute atomic E-state index is 11.9. The van der Waals surface area contributed by atoms with Crippen molar-refractivity contribution in [2.24, 2.45) is 16.3 Å². The van der Waals surface area contributed by atoms with Gasteiger partial charge in [-0.25, -0.2) is 0 Å². The predicted octanol–water partition coefficient (Wildman–Crippen LogP) is 1.98. The van der Waals surface area contributed by atoms with E-state index in [1.165, 1.54) is 0 Å². The number of aliphatic imine (C=N–C) groups is 1. The van der Waals surface area contributed by atoms with Crippen LogP contribution in [0.3, 0.4) is 0 Å². The Balaban J connectivity index is 0. The molecule has 0 saturated heterocycles. The molecule has 0 bridgehead atoms. The molecule has 0 aliphatic rings. The Morgan fingerprint density at radius 2 is 1.80 bits per heavy atom. The van der Waals surface area contributed by atoms with Gasteiger partial charge in [0.2, 0.25) is 5.91 Å². The third kappa shape index (κ3) is 9.39. The molecule has 0 aromatic heterocycles. The third-order valence-electron chi connectivity index (χ3n) is 2.89. The molecule has 1 amide bonds. The molecule has 0 heterocycles. The van der Waals surface area contributed by atoms with Gasteiger partial charge in [0, 0.05) is 26.7 Å². The summed E-state index contributed by atoms with van der Waals surface area (Å²) in [6.07, 6.45) is 1.10. The highest BCUT2D eigenvalue weighted by molar-refractivity contribution is 14.0. The van der Waals surface area contributed by atoms with Crippen LogP contribution in [0.4, 0.5) is 0 Å². The summed E-state index contributed by atoms with van der Waals surface area (Å²) >= 11 is 0. The number of amides is 1. The normalized spacial score (nSPS) is 11.8. The number of nitrogens with one attached hydrogen (secondary N) is 3. The Hall–Kier alpha value is -0.530. The van der Waals surface area contributed by atoms with E-state index in [4.69, 9.17) is 0 Å². The quantitative estimate of drug-likeness (QED) is 0.349. The van der Waals surface area contributed by atoms with Crippen LogP contribution in [0.2, 0.25) is 0 Å². The van der Waals surface area contributed by atoms with Gasteiger partial charge in [0.25, 0.3) is 0 Å². The smallest absolute Gasteiger partial charge is 0.227 e. The Kier molecular flexibility index (Phi) is 12.1. The van der Waals surface area contributed by atoms with E-state index in [9.17, 15) is 4.79 Å². The van der Waals surface area contributed by atoms with Crippen molar-refractivity contribution in [2.45, 2.75) is 41.0 Å². The summed E-state index contributed by atoms with van der Waals surface area (Å²) < 4.78 is 0. The second kappa shape index (κ2) is 11.2. The van der Waals surface area contributed by atoms with Gasteiger partial charge < -0.3 is 16.0 Å². The van der Waals surface area contributed by atoms with Crippen LogP contribution in [0.5, 0.6) is 0 Å². The number of carbonyl (C=O) groups excluding carboxylic acids is 1. The van der Waals surface area contributed by atoms with E-state index in [1.54, 1.807) is 7.05 Å². The first-order valence-electron chi connectivity index (χ1n) is 7.06. The van der Waals surface area contributed by atoms with Crippen molar-refractivity contribution in [2.75, 3.05) is 26.7 Å².